The van der Waals surface area contributed by atoms with Gasteiger partial charge in [-0.2, -0.15) is 0 Å². The molecule has 0 fully saturated rings. The van der Waals surface area contributed by atoms with Crippen LogP contribution in [-0.2, 0) is 32.3 Å². The predicted molar refractivity (Wildman–Crippen MR) is 99.1 cm³/mol. The van der Waals surface area contributed by atoms with Gasteiger partial charge in [-0.1, -0.05) is 60.7 Å². The minimum atomic E-state index is -1.33. The van der Waals surface area contributed by atoms with Crippen LogP contribution >= 0.6 is 0 Å². The number of rotatable bonds is 11. The smallest absolute Gasteiger partial charge is 0.249 e. The highest BCUT2D eigenvalue weighted by Gasteiger charge is 2.30. The van der Waals surface area contributed by atoms with Gasteiger partial charge in [0.25, 0.3) is 0 Å². The zero-order valence-electron chi connectivity index (χ0n) is 14.9. The molecule has 2 aromatic rings. The lowest BCUT2D eigenvalue weighted by Gasteiger charge is -2.24. The van der Waals surface area contributed by atoms with Crippen molar-refractivity contribution in [2.75, 3.05) is 0 Å². The monoisotopic (exact) mass is 372 g/mol. The van der Waals surface area contributed by atoms with Crippen molar-refractivity contribution in [3.05, 3.63) is 71.8 Å². The van der Waals surface area contributed by atoms with Gasteiger partial charge in [-0.05, 0) is 11.1 Å². The topological polar surface area (TPSA) is 125 Å². The van der Waals surface area contributed by atoms with E-state index in [4.69, 9.17) is 20.9 Å². The fourth-order valence-electron chi connectivity index (χ4n) is 2.52. The van der Waals surface area contributed by atoms with E-state index in [0.717, 1.165) is 11.1 Å². The highest BCUT2D eigenvalue weighted by atomic mass is 16.5. The zero-order valence-corrected chi connectivity index (χ0v) is 14.9. The lowest BCUT2D eigenvalue weighted by molar-refractivity contribution is -0.145. The summed E-state index contributed by atoms with van der Waals surface area (Å²) in [7, 11) is 0. The molecule has 0 aromatic heterocycles. The maximum Gasteiger partial charge on any atom is 0.249 e. The Morgan fingerprint density at radius 2 is 1.30 bits per heavy atom. The second kappa shape index (κ2) is 10.4. The molecule has 2 aromatic carbocycles. The summed E-state index contributed by atoms with van der Waals surface area (Å²) in [4.78, 5) is 23.3. The SMILES string of the molecule is NC(=O)C(OCc1ccccc1)[C@H](O)C[C@@H](OCc1ccccc1)C(N)=O. The van der Waals surface area contributed by atoms with E-state index in [9.17, 15) is 14.7 Å². The van der Waals surface area contributed by atoms with E-state index in [-0.39, 0.29) is 19.6 Å². The van der Waals surface area contributed by atoms with Gasteiger partial charge in [0.05, 0.1) is 19.3 Å². The molecule has 144 valence electrons. The van der Waals surface area contributed by atoms with Crippen molar-refractivity contribution in [1.29, 1.82) is 0 Å². The van der Waals surface area contributed by atoms with Crippen LogP contribution in [0, 0.1) is 0 Å². The van der Waals surface area contributed by atoms with Crippen LogP contribution < -0.4 is 11.5 Å². The van der Waals surface area contributed by atoms with E-state index in [1.807, 2.05) is 60.7 Å². The standard InChI is InChI=1S/C20H24N2O5/c21-19(24)17(26-12-14-7-3-1-4-8-14)11-16(23)18(20(22)25)27-13-15-9-5-2-6-10-15/h1-10,16-18,23H,11-13H2,(H2,21,24)(H2,22,25)/t16-,17-,18?/m1/s1. The fraction of sp³-hybridized carbons (Fsp3) is 0.300. The van der Waals surface area contributed by atoms with Gasteiger partial charge in [-0.3, -0.25) is 9.59 Å². The van der Waals surface area contributed by atoms with Crippen molar-refractivity contribution in [3.8, 4) is 0 Å². The Morgan fingerprint density at radius 3 is 1.74 bits per heavy atom. The summed E-state index contributed by atoms with van der Waals surface area (Å²) in [5.74, 6) is -1.57. The van der Waals surface area contributed by atoms with Gasteiger partial charge in [-0.15, -0.1) is 0 Å². The summed E-state index contributed by atoms with van der Waals surface area (Å²) >= 11 is 0. The van der Waals surface area contributed by atoms with Gasteiger partial charge in [0, 0.05) is 6.42 Å². The molecule has 1 unspecified atom stereocenters. The number of amides is 2. The Labute approximate surface area is 157 Å². The molecule has 0 saturated heterocycles. The number of primary amides is 2. The summed E-state index contributed by atoms with van der Waals surface area (Å²) in [5.41, 5.74) is 12.4. The average Bonchev–Trinajstić information content (AvgIpc) is 2.66. The molecule has 3 atom stereocenters. The number of hydrogen-bond acceptors (Lipinski definition) is 5. The quantitative estimate of drug-likeness (QED) is 0.540. The Balaban J connectivity index is 1.94. The van der Waals surface area contributed by atoms with Gasteiger partial charge < -0.3 is 26.0 Å². The molecule has 27 heavy (non-hydrogen) atoms. The number of ether oxygens (including phenoxy) is 2. The van der Waals surface area contributed by atoms with Crippen LogP contribution in [0.4, 0.5) is 0 Å². The Kier molecular flexibility index (Phi) is 7.94. The third-order valence-corrected chi connectivity index (χ3v) is 3.97. The molecule has 2 rings (SSSR count). The van der Waals surface area contributed by atoms with E-state index < -0.39 is 30.1 Å². The normalized spacial score (nSPS) is 14.3. The van der Waals surface area contributed by atoms with Crippen LogP contribution in [0.2, 0.25) is 0 Å². The molecular weight excluding hydrogens is 348 g/mol. The van der Waals surface area contributed by atoms with E-state index in [1.54, 1.807) is 0 Å². The first-order valence-electron chi connectivity index (χ1n) is 8.55. The van der Waals surface area contributed by atoms with Gasteiger partial charge >= 0.3 is 0 Å². The Bertz CT molecular complexity index is 724. The second-order valence-electron chi connectivity index (χ2n) is 6.11. The summed E-state index contributed by atoms with van der Waals surface area (Å²) in [6, 6.07) is 18.4. The molecular formula is C20H24N2O5. The van der Waals surface area contributed by atoms with Gasteiger partial charge in [0.2, 0.25) is 11.8 Å². The first-order chi connectivity index (χ1) is 13.0. The first-order valence-corrected chi connectivity index (χ1v) is 8.55. The number of hydrogen-bond donors (Lipinski definition) is 3. The van der Waals surface area contributed by atoms with Crippen LogP contribution in [0.15, 0.2) is 60.7 Å². The van der Waals surface area contributed by atoms with Crippen molar-refractivity contribution < 1.29 is 24.2 Å². The number of aliphatic hydroxyl groups is 1. The number of aliphatic hydroxyl groups excluding tert-OH is 1. The minimum Gasteiger partial charge on any atom is -0.390 e. The summed E-state index contributed by atoms with van der Waals surface area (Å²) in [6.45, 7) is 0.241. The van der Waals surface area contributed by atoms with Crippen LogP contribution in [0.25, 0.3) is 0 Å². The number of carbonyl (C=O) groups is 2. The van der Waals surface area contributed by atoms with Crippen LogP contribution in [0.3, 0.4) is 0 Å². The molecule has 7 nitrogen and oxygen atoms in total. The third kappa shape index (κ3) is 6.82. The highest BCUT2D eigenvalue weighted by molar-refractivity contribution is 5.81. The van der Waals surface area contributed by atoms with Crippen molar-refractivity contribution in [2.45, 2.75) is 37.9 Å². The molecule has 0 aliphatic carbocycles. The lowest BCUT2D eigenvalue weighted by atomic mass is 10.1. The summed E-state index contributed by atoms with van der Waals surface area (Å²) < 4.78 is 11.0. The maximum atomic E-state index is 11.7. The highest BCUT2D eigenvalue weighted by Crippen LogP contribution is 2.14. The van der Waals surface area contributed by atoms with Crippen molar-refractivity contribution in [3.63, 3.8) is 0 Å². The Hall–Kier alpha value is -2.74. The molecule has 0 aliphatic heterocycles. The zero-order chi connectivity index (χ0) is 19.6. The molecule has 0 aliphatic rings. The third-order valence-electron chi connectivity index (χ3n) is 3.97. The van der Waals surface area contributed by atoms with Crippen molar-refractivity contribution in [2.24, 2.45) is 11.5 Å². The first kappa shape index (κ1) is 20.6. The molecule has 0 heterocycles. The molecule has 0 radical (unpaired) electrons. The lowest BCUT2D eigenvalue weighted by Crippen LogP contribution is -2.45. The minimum absolute atomic E-state index is 0.0949. The van der Waals surface area contributed by atoms with Crippen molar-refractivity contribution in [1.82, 2.24) is 0 Å². The van der Waals surface area contributed by atoms with Crippen LogP contribution in [-0.4, -0.2) is 35.2 Å². The number of carbonyl (C=O) groups excluding carboxylic acids is 2. The maximum absolute atomic E-state index is 11.7. The molecule has 2 amide bonds. The fourth-order valence-corrected chi connectivity index (χ4v) is 2.52. The molecule has 5 N–H and O–H groups in total. The number of benzene rings is 2. The molecule has 0 spiro atoms. The molecule has 0 bridgehead atoms. The van der Waals surface area contributed by atoms with Gasteiger partial charge in [-0.25, -0.2) is 0 Å². The van der Waals surface area contributed by atoms with Gasteiger partial charge in [0.15, 0.2) is 6.10 Å². The van der Waals surface area contributed by atoms with Crippen LogP contribution in [0.5, 0.6) is 0 Å². The van der Waals surface area contributed by atoms with E-state index >= 15 is 0 Å². The van der Waals surface area contributed by atoms with Crippen molar-refractivity contribution >= 4 is 11.8 Å². The predicted octanol–water partition coefficient (Wildman–Crippen LogP) is 0.879. The molecule has 7 heteroatoms. The summed E-state index contributed by atoms with van der Waals surface area (Å²) in [5, 5.41) is 10.4. The average molecular weight is 372 g/mol. The van der Waals surface area contributed by atoms with E-state index in [2.05, 4.69) is 0 Å². The number of nitrogens with two attached hydrogens (primary N) is 2. The Morgan fingerprint density at radius 1 is 0.815 bits per heavy atom. The summed E-state index contributed by atoms with van der Waals surface area (Å²) in [6.07, 6.45) is -3.90. The van der Waals surface area contributed by atoms with E-state index in [1.165, 1.54) is 0 Å². The largest absolute Gasteiger partial charge is 0.390 e. The van der Waals surface area contributed by atoms with Crippen LogP contribution in [0.1, 0.15) is 17.5 Å². The second-order valence-corrected chi connectivity index (χ2v) is 6.11. The van der Waals surface area contributed by atoms with Gasteiger partial charge in [0.1, 0.15) is 6.10 Å². The van der Waals surface area contributed by atoms with E-state index in [0.29, 0.717) is 0 Å². The molecule has 0 saturated carbocycles.